The average molecular weight is 327 g/mol. The molecule has 0 atom stereocenters. The standard InChI is InChI=1S/C21H17N3O/c25-21-19-13-18(23-17-9-5-2-6-10-17)11-12-20(19)22-15-24(21)14-16-7-3-1-4-8-16/h1-13,15,23H,14H2. The molecule has 4 nitrogen and oxygen atoms in total. The first-order valence-corrected chi connectivity index (χ1v) is 8.15. The summed E-state index contributed by atoms with van der Waals surface area (Å²) in [6.07, 6.45) is 1.61. The van der Waals surface area contributed by atoms with Crippen LogP contribution in [-0.4, -0.2) is 9.55 Å². The Morgan fingerprint density at radius 3 is 2.32 bits per heavy atom. The molecule has 4 heteroatoms. The number of rotatable bonds is 4. The van der Waals surface area contributed by atoms with Gasteiger partial charge in [-0.25, -0.2) is 4.98 Å². The van der Waals surface area contributed by atoms with Crippen molar-refractivity contribution in [2.24, 2.45) is 0 Å². The Kier molecular flexibility index (Phi) is 4.01. The number of benzene rings is 3. The van der Waals surface area contributed by atoms with Crippen LogP contribution in [0.15, 0.2) is 90.0 Å². The smallest absolute Gasteiger partial charge is 0.261 e. The topological polar surface area (TPSA) is 46.9 Å². The van der Waals surface area contributed by atoms with E-state index in [4.69, 9.17) is 0 Å². The van der Waals surface area contributed by atoms with E-state index < -0.39 is 0 Å². The second kappa shape index (κ2) is 6.61. The fraction of sp³-hybridized carbons (Fsp3) is 0.0476. The Hall–Kier alpha value is -3.40. The highest BCUT2D eigenvalue weighted by atomic mass is 16.1. The molecule has 0 amide bonds. The maximum Gasteiger partial charge on any atom is 0.261 e. The SMILES string of the molecule is O=c1c2cc(Nc3ccccc3)ccc2ncn1Cc1ccccc1. The van der Waals surface area contributed by atoms with E-state index in [1.165, 1.54) is 0 Å². The van der Waals surface area contributed by atoms with Crippen molar-refractivity contribution in [3.8, 4) is 0 Å². The molecule has 122 valence electrons. The summed E-state index contributed by atoms with van der Waals surface area (Å²) in [5.74, 6) is 0. The molecule has 3 aromatic carbocycles. The highest BCUT2D eigenvalue weighted by Crippen LogP contribution is 2.19. The molecule has 1 aromatic heterocycles. The molecule has 4 rings (SSSR count). The molecule has 1 N–H and O–H groups in total. The molecule has 0 aliphatic carbocycles. The first kappa shape index (κ1) is 15.1. The van der Waals surface area contributed by atoms with Crippen LogP contribution in [0.1, 0.15) is 5.56 Å². The molecule has 0 aliphatic heterocycles. The summed E-state index contributed by atoms with van der Waals surface area (Å²) in [5, 5.41) is 3.93. The van der Waals surface area contributed by atoms with Crippen LogP contribution < -0.4 is 10.9 Å². The summed E-state index contributed by atoms with van der Waals surface area (Å²) in [6, 6.07) is 25.5. The Balaban J connectivity index is 1.71. The van der Waals surface area contributed by atoms with Crippen molar-refractivity contribution < 1.29 is 0 Å². The van der Waals surface area contributed by atoms with Crippen molar-refractivity contribution in [2.45, 2.75) is 6.54 Å². The van der Waals surface area contributed by atoms with Crippen LogP contribution in [0, 0.1) is 0 Å². The number of hydrogen-bond donors (Lipinski definition) is 1. The van der Waals surface area contributed by atoms with Gasteiger partial charge in [0.15, 0.2) is 0 Å². The predicted molar refractivity (Wildman–Crippen MR) is 101 cm³/mol. The number of fused-ring (bicyclic) bond motifs is 1. The Morgan fingerprint density at radius 2 is 1.56 bits per heavy atom. The quantitative estimate of drug-likeness (QED) is 0.611. The van der Waals surface area contributed by atoms with Gasteiger partial charge in [-0.05, 0) is 35.9 Å². The summed E-state index contributed by atoms with van der Waals surface area (Å²) in [7, 11) is 0. The fourth-order valence-corrected chi connectivity index (χ4v) is 2.82. The second-order valence-electron chi connectivity index (χ2n) is 5.89. The largest absolute Gasteiger partial charge is 0.356 e. The summed E-state index contributed by atoms with van der Waals surface area (Å²) < 4.78 is 1.64. The van der Waals surface area contributed by atoms with Crippen LogP contribution in [0.2, 0.25) is 0 Å². The Labute approximate surface area is 145 Å². The predicted octanol–water partition coefficient (Wildman–Crippen LogP) is 4.19. The lowest BCUT2D eigenvalue weighted by Crippen LogP contribution is -2.21. The summed E-state index contributed by atoms with van der Waals surface area (Å²) in [5.41, 5.74) is 3.59. The van der Waals surface area contributed by atoms with E-state index in [9.17, 15) is 4.79 Å². The number of para-hydroxylation sites is 1. The van der Waals surface area contributed by atoms with Crippen LogP contribution in [0.3, 0.4) is 0 Å². The van der Waals surface area contributed by atoms with E-state index in [1.807, 2.05) is 78.9 Å². The summed E-state index contributed by atoms with van der Waals surface area (Å²) in [4.78, 5) is 17.3. The van der Waals surface area contributed by atoms with Gasteiger partial charge in [-0.15, -0.1) is 0 Å². The molecule has 25 heavy (non-hydrogen) atoms. The number of nitrogens with one attached hydrogen (secondary N) is 1. The third kappa shape index (κ3) is 3.28. The van der Waals surface area contributed by atoms with Gasteiger partial charge >= 0.3 is 0 Å². The highest BCUT2D eigenvalue weighted by molar-refractivity contribution is 5.82. The number of hydrogen-bond acceptors (Lipinski definition) is 3. The minimum atomic E-state index is -0.0365. The van der Waals surface area contributed by atoms with Gasteiger partial charge in [0.05, 0.1) is 23.8 Å². The lowest BCUT2D eigenvalue weighted by Gasteiger charge is -2.09. The van der Waals surface area contributed by atoms with E-state index in [-0.39, 0.29) is 5.56 Å². The number of anilines is 2. The fourth-order valence-electron chi connectivity index (χ4n) is 2.82. The Bertz CT molecular complexity index is 1050. The minimum Gasteiger partial charge on any atom is -0.356 e. The van der Waals surface area contributed by atoms with E-state index in [0.717, 1.165) is 16.9 Å². The van der Waals surface area contributed by atoms with Crippen LogP contribution >= 0.6 is 0 Å². The van der Waals surface area contributed by atoms with Crippen molar-refractivity contribution in [3.05, 3.63) is 101 Å². The van der Waals surface area contributed by atoms with Crippen LogP contribution in [0.25, 0.3) is 10.9 Å². The normalized spacial score (nSPS) is 10.7. The van der Waals surface area contributed by atoms with E-state index >= 15 is 0 Å². The maximum absolute atomic E-state index is 12.8. The molecule has 0 aliphatic rings. The Morgan fingerprint density at radius 1 is 0.840 bits per heavy atom. The zero-order valence-electron chi connectivity index (χ0n) is 13.6. The second-order valence-corrected chi connectivity index (χ2v) is 5.89. The van der Waals surface area contributed by atoms with Gasteiger partial charge in [-0.3, -0.25) is 9.36 Å². The van der Waals surface area contributed by atoms with Gasteiger partial charge in [0.25, 0.3) is 5.56 Å². The van der Waals surface area contributed by atoms with Gasteiger partial charge < -0.3 is 5.32 Å². The molecule has 0 bridgehead atoms. The molecular weight excluding hydrogens is 310 g/mol. The van der Waals surface area contributed by atoms with Gasteiger partial charge in [0.2, 0.25) is 0 Å². The summed E-state index contributed by atoms with van der Waals surface area (Å²) in [6.45, 7) is 0.513. The molecule has 4 aromatic rings. The van der Waals surface area contributed by atoms with Gasteiger partial charge in [-0.2, -0.15) is 0 Å². The van der Waals surface area contributed by atoms with E-state index in [1.54, 1.807) is 10.9 Å². The zero-order valence-corrected chi connectivity index (χ0v) is 13.6. The third-order valence-corrected chi connectivity index (χ3v) is 4.08. The first-order valence-electron chi connectivity index (χ1n) is 8.15. The van der Waals surface area contributed by atoms with Crippen molar-refractivity contribution in [2.75, 3.05) is 5.32 Å². The van der Waals surface area contributed by atoms with Crippen molar-refractivity contribution in [3.63, 3.8) is 0 Å². The maximum atomic E-state index is 12.8. The molecule has 0 spiro atoms. The van der Waals surface area contributed by atoms with E-state index in [0.29, 0.717) is 17.4 Å². The molecule has 1 heterocycles. The number of nitrogens with zero attached hydrogens (tertiary/aromatic N) is 2. The van der Waals surface area contributed by atoms with Crippen molar-refractivity contribution >= 4 is 22.3 Å². The first-order chi connectivity index (χ1) is 12.3. The molecule has 0 fully saturated rings. The lowest BCUT2D eigenvalue weighted by molar-refractivity contribution is 0.748. The monoisotopic (exact) mass is 327 g/mol. The molecule has 0 saturated heterocycles. The minimum absolute atomic E-state index is 0.0365. The van der Waals surface area contributed by atoms with Crippen LogP contribution in [0.4, 0.5) is 11.4 Å². The van der Waals surface area contributed by atoms with Crippen LogP contribution in [-0.2, 0) is 6.54 Å². The molecule has 0 unspecified atom stereocenters. The van der Waals surface area contributed by atoms with Gasteiger partial charge in [0, 0.05) is 11.4 Å². The van der Waals surface area contributed by atoms with Gasteiger partial charge in [0.1, 0.15) is 0 Å². The zero-order chi connectivity index (χ0) is 17.1. The lowest BCUT2D eigenvalue weighted by atomic mass is 10.2. The van der Waals surface area contributed by atoms with Gasteiger partial charge in [-0.1, -0.05) is 48.5 Å². The molecule has 0 saturated carbocycles. The molecule has 0 radical (unpaired) electrons. The van der Waals surface area contributed by atoms with Crippen LogP contribution in [0.5, 0.6) is 0 Å². The highest BCUT2D eigenvalue weighted by Gasteiger charge is 2.06. The number of aromatic nitrogens is 2. The molecular formula is C21H17N3O. The third-order valence-electron chi connectivity index (χ3n) is 4.08. The van der Waals surface area contributed by atoms with E-state index in [2.05, 4.69) is 10.3 Å². The van der Waals surface area contributed by atoms with Crippen molar-refractivity contribution in [1.29, 1.82) is 0 Å². The van der Waals surface area contributed by atoms with Crippen molar-refractivity contribution in [1.82, 2.24) is 9.55 Å². The summed E-state index contributed by atoms with van der Waals surface area (Å²) >= 11 is 0. The average Bonchev–Trinajstić information content (AvgIpc) is 2.66.